The van der Waals surface area contributed by atoms with E-state index >= 15 is 0 Å². The van der Waals surface area contributed by atoms with E-state index in [4.69, 9.17) is 11.0 Å². The van der Waals surface area contributed by atoms with Crippen LogP contribution in [0.2, 0.25) is 0 Å². The zero-order valence-corrected chi connectivity index (χ0v) is 7.25. The highest BCUT2D eigenvalue weighted by Crippen LogP contribution is 2.19. The van der Waals surface area contributed by atoms with E-state index in [9.17, 15) is 0 Å². The van der Waals surface area contributed by atoms with Crippen LogP contribution >= 0.6 is 0 Å². The predicted molar refractivity (Wildman–Crippen MR) is 50.5 cm³/mol. The molecule has 0 saturated carbocycles. The lowest BCUT2D eigenvalue weighted by atomic mass is 10.1. The van der Waals surface area contributed by atoms with Crippen LogP contribution in [0.4, 0.5) is 5.69 Å². The van der Waals surface area contributed by atoms with Gasteiger partial charge in [0, 0.05) is 0 Å². The molecule has 0 aliphatic carbocycles. The number of hydrogen-bond acceptors (Lipinski definition) is 4. The van der Waals surface area contributed by atoms with Crippen molar-refractivity contribution in [1.82, 2.24) is 15.0 Å². The minimum absolute atomic E-state index is 0.482. The van der Waals surface area contributed by atoms with Gasteiger partial charge in [-0.15, -0.1) is 5.10 Å². The van der Waals surface area contributed by atoms with Crippen LogP contribution < -0.4 is 5.73 Å². The van der Waals surface area contributed by atoms with Crippen molar-refractivity contribution >= 4 is 5.69 Å². The smallest absolute Gasteiger partial charge is 0.107 e. The van der Waals surface area contributed by atoms with Gasteiger partial charge in [0.25, 0.3) is 0 Å². The van der Waals surface area contributed by atoms with Crippen LogP contribution in [-0.4, -0.2) is 15.0 Å². The molecule has 0 bridgehead atoms. The predicted octanol–water partition coefficient (Wildman–Crippen LogP) is 0.721. The minimum Gasteiger partial charge on any atom is -0.397 e. The number of para-hydroxylation sites is 1. The van der Waals surface area contributed by atoms with Crippen LogP contribution in [0, 0.1) is 11.3 Å². The number of nitrogen functional groups attached to an aromatic ring is 1. The standard InChI is InChI=1S/C9H7N5/c10-6-7-2-1-3-8(11)9(7)14-5-4-12-13-14/h1-5H,11H2. The Balaban J connectivity index is 2.69. The Kier molecular flexibility index (Phi) is 1.88. The van der Waals surface area contributed by atoms with E-state index in [1.54, 1.807) is 24.4 Å². The summed E-state index contributed by atoms with van der Waals surface area (Å²) in [5.41, 5.74) is 7.32. The molecule has 0 saturated heterocycles. The largest absolute Gasteiger partial charge is 0.397 e. The summed E-state index contributed by atoms with van der Waals surface area (Å²) in [5.74, 6) is 0. The molecule has 0 amide bonds. The third-order valence-corrected chi connectivity index (χ3v) is 1.84. The summed E-state index contributed by atoms with van der Waals surface area (Å²) in [6, 6.07) is 7.19. The molecule has 2 rings (SSSR count). The van der Waals surface area contributed by atoms with Gasteiger partial charge in [0.1, 0.15) is 11.8 Å². The van der Waals surface area contributed by atoms with Crippen LogP contribution in [0.25, 0.3) is 5.69 Å². The Hall–Kier alpha value is -2.35. The molecule has 0 radical (unpaired) electrons. The first-order valence-electron chi connectivity index (χ1n) is 3.98. The summed E-state index contributed by atoms with van der Waals surface area (Å²) < 4.78 is 1.48. The second kappa shape index (κ2) is 3.18. The van der Waals surface area contributed by atoms with Gasteiger partial charge in [0.2, 0.25) is 0 Å². The maximum Gasteiger partial charge on any atom is 0.107 e. The van der Waals surface area contributed by atoms with E-state index < -0.39 is 0 Å². The van der Waals surface area contributed by atoms with Gasteiger partial charge in [0.05, 0.1) is 23.6 Å². The van der Waals surface area contributed by atoms with Crippen LogP contribution in [-0.2, 0) is 0 Å². The van der Waals surface area contributed by atoms with E-state index in [-0.39, 0.29) is 0 Å². The maximum absolute atomic E-state index is 8.87. The molecule has 5 heteroatoms. The summed E-state index contributed by atoms with van der Waals surface area (Å²) in [7, 11) is 0. The van der Waals surface area contributed by atoms with Gasteiger partial charge in [-0.2, -0.15) is 5.26 Å². The first kappa shape index (κ1) is 8.26. The number of benzene rings is 1. The van der Waals surface area contributed by atoms with E-state index in [1.807, 2.05) is 0 Å². The Bertz CT molecular complexity index is 480. The number of hydrogen-bond donors (Lipinski definition) is 1. The topological polar surface area (TPSA) is 80.5 Å². The normalized spacial score (nSPS) is 9.64. The molecule has 2 aromatic rings. The quantitative estimate of drug-likeness (QED) is 0.664. The highest BCUT2D eigenvalue weighted by molar-refractivity contribution is 5.64. The minimum atomic E-state index is 0.482. The molecule has 1 aromatic heterocycles. The second-order valence-corrected chi connectivity index (χ2v) is 2.70. The molecule has 14 heavy (non-hydrogen) atoms. The zero-order chi connectivity index (χ0) is 9.97. The lowest BCUT2D eigenvalue weighted by molar-refractivity contribution is 0.803. The monoisotopic (exact) mass is 185 g/mol. The van der Waals surface area contributed by atoms with E-state index in [0.717, 1.165) is 0 Å². The molecule has 68 valence electrons. The lowest BCUT2D eigenvalue weighted by Gasteiger charge is -2.05. The molecule has 1 heterocycles. The number of aromatic nitrogens is 3. The van der Waals surface area contributed by atoms with Gasteiger partial charge in [-0.05, 0) is 12.1 Å². The van der Waals surface area contributed by atoms with Crippen LogP contribution in [0.5, 0.6) is 0 Å². The molecule has 0 aliphatic rings. The molecule has 0 unspecified atom stereocenters. The Morgan fingerprint density at radius 2 is 2.29 bits per heavy atom. The van der Waals surface area contributed by atoms with Crippen molar-refractivity contribution < 1.29 is 0 Å². The molecule has 0 spiro atoms. The van der Waals surface area contributed by atoms with Crippen LogP contribution in [0.3, 0.4) is 0 Å². The summed E-state index contributed by atoms with van der Waals surface area (Å²) >= 11 is 0. The van der Waals surface area contributed by atoms with Crippen molar-refractivity contribution in [3.63, 3.8) is 0 Å². The third-order valence-electron chi connectivity index (χ3n) is 1.84. The molecular weight excluding hydrogens is 178 g/mol. The number of nitriles is 1. The first-order valence-corrected chi connectivity index (χ1v) is 3.98. The molecule has 5 nitrogen and oxygen atoms in total. The molecule has 2 N–H and O–H groups in total. The lowest BCUT2D eigenvalue weighted by Crippen LogP contribution is -2.03. The van der Waals surface area contributed by atoms with Gasteiger partial charge in [0.15, 0.2) is 0 Å². The Morgan fingerprint density at radius 3 is 2.93 bits per heavy atom. The SMILES string of the molecule is N#Cc1cccc(N)c1-n1ccnn1. The van der Waals surface area contributed by atoms with Crippen LogP contribution in [0.1, 0.15) is 5.56 Å². The van der Waals surface area contributed by atoms with Crippen molar-refractivity contribution in [2.75, 3.05) is 5.73 Å². The third kappa shape index (κ3) is 1.19. The van der Waals surface area contributed by atoms with Gasteiger partial charge < -0.3 is 5.73 Å². The summed E-state index contributed by atoms with van der Waals surface area (Å²) in [5, 5.41) is 16.3. The summed E-state index contributed by atoms with van der Waals surface area (Å²) in [4.78, 5) is 0. The average Bonchev–Trinajstić information content (AvgIpc) is 2.70. The Labute approximate surface area is 80.4 Å². The fourth-order valence-corrected chi connectivity index (χ4v) is 1.23. The zero-order valence-electron chi connectivity index (χ0n) is 7.25. The molecular formula is C9H7N5. The van der Waals surface area contributed by atoms with Crippen LogP contribution in [0.15, 0.2) is 30.6 Å². The highest BCUT2D eigenvalue weighted by Gasteiger charge is 2.07. The molecule has 0 atom stereocenters. The fourth-order valence-electron chi connectivity index (χ4n) is 1.23. The van der Waals surface area contributed by atoms with E-state index in [1.165, 1.54) is 10.9 Å². The van der Waals surface area contributed by atoms with Crippen molar-refractivity contribution in [3.05, 3.63) is 36.2 Å². The maximum atomic E-state index is 8.87. The van der Waals surface area contributed by atoms with Gasteiger partial charge >= 0.3 is 0 Å². The van der Waals surface area contributed by atoms with Gasteiger partial charge in [-0.25, -0.2) is 4.68 Å². The summed E-state index contributed by atoms with van der Waals surface area (Å²) in [6.07, 6.45) is 3.18. The van der Waals surface area contributed by atoms with Crippen molar-refractivity contribution in [2.24, 2.45) is 0 Å². The fraction of sp³-hybridized carbons (Fsp3) is 0. The van der Waals surface area contributed by atoms with Crippen molar-refractivity contribution in [2.45, 2.75) is 0 Å². The number of rotatable bonds is 1. The number of nitrogens with two attached hydrogens (primary N) is 1. The Morgan fingerprint density at radius 1 is 1.43 bits per heavy atom. The molecule has 1 aromatic carbocycles. The highest BCUT2D eigenvalue weighted by atomic mass is 15.4. The van der Waals surface area contributed by atoms with Gasteiger partial charge in [-0.1, -0.05) is 11.3 Å². The van der Waals surface area contributed by atoms with E-state index in [0.29, 0.717) is 16.9 Å². The average molecular weight is 185 g/mol. The summed E-state index contributed by atoms with van der Waals surface area (Å²) in [6.45, 7) is 0. The second-order valence-electron chi connectivity index (χ2n) is 2.70. The molecule has 0 fully saturated rings. The molecule has 0 aliphatic heterocycles. The van der Waals surface area contributed by atoms with Crippen molar-refractivity contribution in [3.8, 4) is 11.8 Å². The van der Waals surface area contributed by atoms with E-state index in [2.05, 4.69) is 16.4 Å². The number of anilines is 1. The number of nitrogens with zero attached hydrogens (tertiary/aromatic N) is 4. The van der Waals surface area contributed by atoms with Gasteiger partial charge in [-0.3, -0.25) is 0 Å². The van der Waals surface area contributed by atoms with Crippen molar-refractivity contribution in [1.29, 1.82) is 5.26 Å². The first-order chi connectivity index (χ1) is 6.83.